The van der Waals surface area contributed by atoms with Crippen LogP contribution in [-0.4, -0.2) is 68.6 Å². The molecule has 4 unspecified atom stereocenters. The van der Waals surface area contributed by atoms with Gasteiger partial charge < -0.3 is 39.4 Å². The van der Waals surface area contributed by atoms with Gasteiger partial charge in [-0.2, -0.15) is 0 Å². The van der Waals surface area contributed by atoms with Crippen LogP contribution in [-0.2, 0) is 45.1 Å². The number of carbonyl (C=O) groups is 2. The average Bonchev–Trinajstić information content (AvgIpc) is 3.19. The molecule has 2 heterocycles. The van der Waals surface area contributed by atoms with Gasteiger partial charge in [-0.3, -0.25) is 9.69 Å². The Morgan fingerprint density at radius 1 is 0.849 bits per heavy atom. The van der Waals surface area contributed by atoms with Gasteiger partial charge in [-0.25, -0.2) is 4.79 Å². The number of hydrogen-bond donors (Lipinski definition) is 3. The maximum atomic E-state index is 12.3. The molecule has 6 rings (SSSR count). The summed E-state index contributed by atoms with van der Waals surface area (Å²) >= 11 is 0. The Morgan fingerprint density at radius 3 is 2.28 bits per heavy atom. The number of rotatable bonds is 13. The van der Waals surface area contributed by atoms with E-state index in [0.717, 1.165) is 70.9 Å². The summed E-state index contributed by atoms with van der Waals surface area (Å²) in [4.78, 5) is 26.3. The van der Waals surface area contributed by atoms with E-state index in [1.54, 1.807) is 21.1 Å². The first kappa shape index (κ1) is 37.8. The minimum absolute atomic E-state index is 0.0183. The van der Waals surface area contributed by atoms with Crippen molar-refractivity contribution in [1.82, 2.24) is 15.5 Å². The molecule has 1 saturated heterocycles. The molecule has 0 spiro atoms. The van der Waals surface area contributed by atoms with Crippen LogP contribution in [0.4, 0.5) is 4.79 Å². The van der Waals surface area contributed by atoms with Crippen LogP contribution in [0, 0.1) is 5.92 Å². The lowest BCUT2D eigenvalue weighted by Gasteiger charge is -2.43. The van der Waals surface area contributed by atoms with Crippen molar-refractivity contribution in [2.45, 2.75) is 58.5 Å². The molecule has 4 aromatic carbocycles. The van der Waals surface area contributed by atoms with E-state index in [-0.39, 0.29) is 44.4 Å². The van der Waals surface area contributed by atoms with E-state index in [2.05, 4.69) is 40.7 Å². The fourth-order valence-electron chi connectivity index (χ4n) is 7.02. The number of fused-ring (bicyclic) bond motifs is 1. The molecule has 11 nitrogen and oxygen atoms in total. The summed E-state index contributed by atoms with van der Waals surface area (Å²) in [6.45, 7) is 6.63. The number of urea groups is 1. The van der Waals surface area contributed by atoms with Gasteiger partial charge in [-0.05, 0) is 76.6 Å². The van der Waals surface area contributed by atoms with Gasteiger partial charge in [0.25, 0.3) is 0 Å². The van der Waals surface area contributed by atoms with Crippen molar-refractivity contribution in [2.75, 3.05) is 40.5 Å². The molecule has 4 aromatic rings. The predicted molar refractivity (Wildman–Crippen MR) is 200 cm³/mol. The number of methoxy groups -OCH3 is 2. The molecule has 0 bridgehead atoms. The maximum Gasteiger partial charge on any atom is 0.325 e. The molecular formula is C42H49N3O8. The monoisotopic (exact) mass is 723 g/mol. The minimum atomic E-state index is -0.618. The Bertz CT molecular complexity index is 1870. The Kier molecular flexibility index (Phi) is 12.6. The second kappa shape index (κ2) is 17.7. The summed E-state index contributed by atoms with van der Waals surface area (Å²) in [5, 5.41) is 15.0. The number of esters is 1. The standard InChI is InChI=1S/C42H49N3O8/c1-5-51-39(47)23-44-42(48)43-22-29-8-6-9-31(18-29)32-10-7-11-34(19-32)41-52-38(27(2)40(53-41)30-14-12-28(26-46)13-15-30)25-45-17-16-33-20-36(49-3)37(50-4)21-35(33)24-45/h6-15,18-21,27,38,40-41,46H,5,16-17,22-26H2,1-4H3,(H2,43,44,48). The van der Waals surface area contributed by atoms with Crippen molar-refractivity contribution in [3.05, 3.63) is 118 Å². The van der Waals surface area contributed by atoms with Crippen molar-refractivity contribution in [3.8, 4) is 22.6 Å². The molecule has 2 aliphatic heterocycles. The summed E-state index contributed by atoms with van der Waals surface area (Å²) in [5.41, 5.74) is 8.16. The van der Waals surface area contributed by atoms with E-state index in [0.29, 0.717) is 0 Å². The highest BCUT2D eigenvalue weighted by Crippen LogP contribution is 2.43. The quantitative estimate of drug-likeness (QED) is 0.141. The Labute approximate surface area is 311 Å². The van der Waals surface area contributed by atoms with E-state index in [9.17, 15) is 14.7 Å². The number of aliphatic hydroxyl groups excluding tert-OH is 1. The van der Waals surface area contributed by atoms with E-state index in [1.165, 1.54) is 11.1 Å². The van der Waals surface area contributed by atoms with Gasteiger partial charge in [0.2, 0.25) is 0 Å². The molecule has 11 heteroatoms. The Hall–Kier alpha value is -4.94. The SMILES string of the molecule is CCOC(=O)CNC(=O)NCc1cccc(-c2cccc(C3OC(CN4CCc5cc(OC)c(OC)cc5C4)C(C)C(c4ccc(CO)cc4)O3)c2)c1. The largest absolute Gasteiger partial charge is 0.493 e. The Balaban J connectivity index is 1.20. The topological polar surface area (TPSA) is 128 Å². The molecule has 1 fully saturated rings. The highest BCUT2D eigenvalue weighted by Gasteiger charge is 2.39. The van der Waals surface area contributed by atoms with Crippen LogP contribution >= 0.6 is 0 Å². The number of carbonyl (C=O) groups excluding carboxylic acids is 2. The minimum Gasteiger partial charge on any atom is -0.493 e. The smallest absolute Gasteiger partial charge is 0.325 e. The van der Waals surface area contributed by atoms with Crippen LogP contribution in [0.1, 0.15) is 59.6 Å². The van der Waals surface area contributed by atoms with Crippen molar-refractivity contribution in [1.29, 1.82) is 0 Å². The van der Waals surface area contributed by atoms with Crippen LogP contribution in [0.25, 0.3) is 11.1 Å². The van der Waals surface area contributed by atoms with Gasteiger partial charge in [0, 0.05) is 37.7 Å². The van der Waals surface area contributed by atoms with E-state index in [1.807, 2.05) is 66.7 Å². The first-order valence-electron chi connectivity index (χ1n) is 18.1. The highest BCUT2D eigenvalue weighted by atomic mass is 16.7. The molecule has 0 saturated carbocycles. The van der Waals surface area contributed by atoms with E-state index < -0.39 is 18.3 Å². The first-order valence-corrected chi connectivity index (χ1v) is 18.1. The summed E-state index contributed by atoms with van der Waals surface area (Å²) in [6.07, 6.45) is -0.0857. The van der Waals surface area contributed by atoms with Crippen molar-refractivity contribution in [3.63, 3.8) is 0 Å². The lowest BCUT2D eigenvalue weighted by molar-refractivity contribution is -0.276. The summed E-state index contributed by atoms with van der Waals surface area (Å²) in [6, 6.07) is 27.8. The predicted octanol–water partition coefficient (Wildman–Crippen LogP) is 6.08. The molecule has 2 amide bonds. The lowest BCUT2D eigenvalue weighted by atomic mass is 9.89. The molecule has 0 aliphatic carbocycles. The van der Waals surface area contributed by atoms with Crippen LogP contribution in [0.3, 0.4) is 0 Å². The zero-order valence-corrected chi connectivity index (χ0v) is 30.8. The van der Waals surface area contributed by atoms with Crippen molar-refractivity contribution in [2.24, 2.45) is 5.92 Å². The highest BCUT2D eigenvalue weighted by molar-refractivity contribution is 5.80. The maximum absolute atomic E-state index is 12.3. The van der Waals surface area contributed by atoms with Gasteiger partial charge in [0.15, 0.2) is 17.8 Å². The van der Waals surface area contributed by atoms with E-state index >= 15 is 0 Å². The average molecular weight is 724 g/mol. The zero-order chi connectivity index (χ0) is 37.3. The van der Waals surface area contributed by atoms with Gasteiger partial charge in [0.05, 0.1) is 39.6 Å². The number of nitrogens with zero attached hydrogens (tertiary/aromatic N) is 1. The number of benzene rings is 4. The van der Waals surface area contributed by atoms with Gasteiger partial charge in [-0.1, -0.05) is 67.6 Å². The number of nitrogens with one attached hydrogen (secondary N) is 2. The lowest BCUT2D eigenvalue weighted by Crippen LogP contribution is -2.45. The normalized spacial score (nSPS) is 19.9. The fraction of sp³-hybridized carbons (Fsp3) is 0.381. The van der Waals surface area contributed by atoms with Crippen LogP contribution in [0.15, 0.2) is 84.9 Å². The molecule has 0 radical (unpaired) electrons. The number of amides is 2. The summed E-state index contributed by atoms with van der Waals surface area (Å²) in [7, 11) is 3.33. The van der Waals surface area contributed by atoms with Crippen LogP contribution in [0.2, 0.25) is 0 Å². The van der Waals surface area contributed by atoms with Crippen molar-refractivity contribution < 1.29 is 38.4 Å². The molecule has 53 heavy (non-hydrogen) atoms. The third-order valence-corrected chi connectivity index (χ3v) is 9.93. The van der Waals surface area contributed by atoms with Crippen LogP contribution < -0.4 is 20.1 Å². The second-order valence-corrected chi connectivity index (χ2v) is 13.5. The molecule has 3 N–H and O–H groups in total. The number of ether oxygens (including phenoxy) is 5. The van der Waals surface area contributed by atoms with Gasteiger partial charge in [-0.15, -0.1) is 0 Å². The third-order valence-electron chi connectivity index (χ3n) is 9.93. The third kappa shape index (κ3) is 9.36. The van der Waals surface area contributed by atoms with Crippen LogP contribution in [0.5, 0.6) is 11.5 Å². The molecule has 2 aliphatic rings. The molecule has 0 aromatic heterocycles. The number of aliphatic hydroxyl groups is 1. The van der Waals surface area contributed by atoms with E-state index in [4.69, 9.17) is 23.7 Å². The Morgan fingerprint density at radius 2 is 1.57 bits per heavy atom. The summed E-state index contributed by atoms with van der Waals surface area (Å²) in [5.74, 6) is 1.04. The zero-order valence-electron chi connectivity index (χ0n) is 30.8. The fourth-order valence-corrected chi connectivity index (χ4v) is 7.02. The van der Waals surface area contributed by atoms with Gasteiger partial charge >= 0.3 is 12.0 Å². The van der Waals surface area contributed by atoms with Crippen molar-refractivity contribution >= 4 is 12.0 Å². The number of hydrogen-bond acceptors (Lipinski definition) is 9. The second-order valence-electron chi connectivity index (χ2n) is 13.5. The molecule has 280 valence electrons. The van der Waals surface area contributed by atoms with Gasteiger partial charge in [0.1, 0.15) is 6.54 Å². The first-order chi connectivity index (χ1) is 25.8. The molecular weight excluding hydrogens is 674 g/mol. The summed E-state index contributed by atoms with van der Waals surface area (Å²) < 4.78 is 29.7. The molecule has 4 atom stereocenters.